The van der Waals surface area contributed by atoms with Crippen LogP contribution < -0.4 is 4.90 Å². The van der Waals surface area contributed by atoms with Crippen LogP contribution in [0.4, 0.5) is 5.13 Å². The second-order valence-electron chi connectivity index (χ2n) is 8.09. The minimum absolute atomic E-state index is 0.0887. The summed E-state index contributed by atoms with van der Waals surface area (Å²) in [6, 6.07) is 7.81. The van der Waals surface area contributed by atoms with Gasteiger partial charge in [-0.3, -0.25) is 4.79 Å². The fraction of sp³-hybridized carbons (Fsp3) is 0.571. The summed E-state index contributed by atoms with van der Waals surface area (Å²) in [5.74, 6) is 2.00. The number of rotatable bonds is 4. The van der Waals surface area contributed by atoms with E-state index in [9.17, 15) is 4.79 Å². The molecule has 0 saturated carbocycles. The number of benzene rings is 1. The monoisotopic (exact) mass is 418 g/mol. The molecular formula is C21H27ClN4OS. The quantitative estimate of drug-likeness (QED) is 0.744. The van der Waals surface area contributed by atoms with Crippen LogP contribution in [0.25, 0.3) is 0 Å². The highest BCUT2D eigenvalue weighted by molar-refractivity contribution is 7.09. The van der Waals surface area contributed by atoms with Gasteiger partial charge in [-0.25, -0.2) is 4.98 Å². The Balaban J connectivity index is 1.37. The lowest BCUT2D eigenvalue weighted by molar-refractivity contribution is -0.137. The topological polar surface area (TPSA) is 49.3 Å². The number of piperidine rings is 2. The van der Waals surface area contributed by atoms with Crippen LogP contribution in [-0.2, 0) is 11.2 Å². The second kappa shape index (κ2) is 8.78. The summed E-state index contributed by atoms with van der Waals surface area (Å²) in [4.78, 5) is 22.0. The molecule has 2 aromatic rings. The molecule has 0 N–H and O–H groups in total. The van der Waals surface area contributed by atoms with Crippen molar-refractivity contribution in [3.63, 3.8) is 0 Å². The Morgan fingerprint density at radius 1 is 1.18 bits per heavy atom. The van der Waals surface area contributed by atoms with Gasteiger partial charge in [-0.05, 0) is 49.3 Å². The van der Waals surface area contributed by atoms with Crippen molar-refractivity contribution >= 4 is 34.2 Å². The molecular weight excluding hydrogens is 392 g/mol. The van der Waals surface area contributed by atoms with E-state index >= 15 is 0 Å². The number of amides is 1. The van der Waals surface area contributed by atoms with Gasteiger partial charge < -0.3 is 9.80 Å². The molecule has 7 heteroatoms. The maximum atomic E-state index is 13.0. The summed E-state index contributed by atoms with van der Waals surface area (Å²) in [5.41, 5.74) is 1.15. The van der Waals surface area contributed by atoms with Crippen LogP contribution in [0, 0.1) is 11.8 Å². The molecule has 2 fully saturated rings. The van der Waals surface area contributed by atoms with E-state index in [1.165, 1.54) is 11.5 Å². The van der Waals surface area contributed by atoms with Crippen molar-refractivity contribution in [3.05, 3.63) is 40.7 Å². The first-order chi connectivity index (χ1) is 13.6. The third kappa shape index (κ3) is 4.66. The average Bonchev–Trinajstić information content (AvgIpc) is 3.18. The summed E-state index contributed by atoms with van der Waals surface area (Å²) in [7, 11) is 0. The molecule has 0 spiro atoms. The number of hydrogen-bond donors (Lipinski definition) is 0. The molecule has 1 amide bonds. The molecule has 1 aromatic heterocycles. The molecule has 3 heterocycles. The minimum atomic E-state index is 0.0887. The van der Waals surface area contributed by atoms with E-state index < -0.39 is 0 Å². The summed E-state index contributed by atoms with van der Waals surface area (Å²) in [5, 5.41) is 1.68. The molecule has 1 unspecified atom stereocenters. The first-order valence-corrected chi connectivity index (χ1v) is 11.3. The van der Waals surface area contributed by atoms with E-state index in [1.54, 1.807) is 0 Å². The minimum Gasteiger partial charge on any atom is -0.346 e. The fourth-order valence-electron chi connectivity index (χ4n) is 4.07. The summed E-state index contributed by atoms with van der Waals surface area (Å²) < 4.78 is 4.54. The molecule has 2 aliphatic heterocycles. The molecule has 150 valence electrons. The smallest absolute Gasteiger partial charge is 0.227 e. The van der Waals surface area contributed by atoms with Crippen LogP contribution in [0.2, 0.25) is 5.02 Å². The lowest BCUT2D eigenvalue weighted by Crippen LogP contribution is -2.47. The molecule has 1 atom stereocenters. The number of likely N-dealkylation sites (tertiary alicyclic amines) is 1. The van der Waals surface area contributed by atoms with Crippen LogP contribution in [0.3, 0.4) is 0 Å². The number of nitrogens with zero attached hydrogens (tertiary/aromatic N) is 4. The van der Waals surface area contributed by atoms with Crippen LogP contribution >= 0.6 is 23.1 Å². The Bertz CT molecular complexity index is 801. The zero-order chi connectivity index (χ0) is 19.5. The van der Waals surface area contributed by atoms with Crippen molar-refractivity contribution in [2.45, 2.75) is 39.0 Å². The van der Waals surface area contributed by atoms with Gasteiger partial charge in [0.25, 0.3) is 0 Å². The maximum absolute atomic E-state index is 13.0. The van der Waals surface area contributed by atoms with Crippen molar-refractivity contribution in [3.8, 4) is 0 Å². The van der Waals surface area contributed by atoms with Gasteiger partial charge in [-0.2, -0.15) is 4.37 Å². The molecule has 0 radical (unpaired) electrons. The molecule has 5 nitrogen and oxygen atoms in total. The van der Waals surface area contributed by atoms with Crippen molar-refractivity contribution in [1.82, 2.24) is 14.3 Å². The SMILES string of the molecule is CC1CCN(C(=O)C2CCCN(c3nc(Cc4ccc(Cl)cc4)ns3)C2)CC1. The molecule has 0 aliphatic carbocycles. The lowest BCUT2D eigenvalue weighted by Gasteiger charge is -2.37. The highest BCUT2D eigenvalue weighted by atomic mass is 35.5. The molecule has 2 aliphatic rings. The fourth-order valence-corrected chi connectivity index (χ4v) is 4.92. The van der Waals surface area contributed by atoms with Crippen molar-refractivity contribution < 1.29 is 4.79 Å². The number of halogens is 1. The second-order valence-corrected chi connectivity index (χ2v) is 9.26. The van der Waals surface area contributed by atoms with E-state index in [1.807, 2.05) is 24.3 Å². The molecule has 0 bridgehead atoms. The molecule has 2 saturated heterocycles. The van der Waals surface area contributed by atoms with E-state index in [2.05, 4.69) is 21.1 Å². The van der Waals surface area contributed by atoms with Gasteiger partial charge in [0, 0.05) is 49.2 Å². The Morgan fingerprint density at radius 2 is 1.93 bits per heavy atom. The Kier molecular flexibility index (Phi) is 6.16. The van der Waals surface area contributed by atoms with Gasteiger partial charge in [0.05, 0.1) is 5.92 Å². The van der Waals surface area contributed by atoms with Gasteiger partial charge in [-0.1, -0.05) is 30.7 Å². The Labute approximate surface area is 175 Å². The van der Waals surface area contributed by atoms with E-state index in [0.29, 0.717) is 12.3 Å². The highest BCUT2D eigenvalue weighted by Crippen LogP contribution is 2.28. The third-order valence-corrected chi connectivity index (χ3v) is 6.94. The standard InChI is InChI=1S/C21H27ClN4OS/c1-15-8-11-25(12-9-15)20(27)17-3-2-10-26(14-17)21-23-19(24-28-21)13-16-4-6-18(22)7-5-16/h4-7,15,17H,2-3,8-14H2,1H3. The molecule has 1 aromatic carbocycles. The number of hydrogen-bond acceptors (Lipinski definition) is 5. The predicted octanol–water partition coefficient (Wildman–Crippen LogP) is 4.26. The van der Waals surface area contributed by atoms with Crippen molar-refractivity contribution in [2.75, 3.05) is 31.1 Å². The van der Waals surface area contributed by atoms with E-state index in [0.717, 1.165) is 79.3 Å². The number of aromatic nitrogens is 2. The average molecular weight is 419 g/mol. The number of anilines is 1. The lowest BCUT2D eigenvalue weighted by atomic mass is 9.94. The largest absolute Gasteiger partial charge is 0.346 e. The Morgan fingerprint density at radius 3 is 2.68 bits per heavy atom. The van der Waals surface area contributed by atoms with Gasteiger partial charge in [0.2, 0.25) is 11.0 Å². The first-order valence-electron chi connectivity index (χ1n) is 10.2. The van der Waals surface area contributed by atoms with Crippen molar-refractivity contribution in [2.24, 2.45) is 11.8 Å². The van der Waals surface area contributed by atoms with Crippen LogP contribution in [0.1, 0.15) is 44.0 Å². The van der Waals surface area contributed by atoms with Gasteiger partial charge in [0.15, 0.2) is 0 Å². The van der Waals surface area contributed by atoms with Crippen molar-refractivity contribution in [1.29, 1.82) is 0 Å². The van der Waals surface area contributed by atoms with Crippen LogP contribution in [0.5, 0.6) is 0 Å². The van der Waals surface area contributed by atoms with E-state index in [-0.39, 0.29) is 5.92 Å². The van der Waals surface area contributed by atoms with Crippen LogP contribution in [0.15, 0.2) is 24.3 Å². The summed E-state index contributed by atoms with van der Waals surface area (Å²) in [6.45, 7) is 5.83. The first kappa shape index (κ1) is 19.6. The van der Waals surface area contributed by atoms with Gasteiger partial charge in [0.1, 0.15) is 5.82 Å². The molecule has 28 heavy (non-hydrogen) atoms. The number of carbonyl (C=O) groups excluding carboxylic acids is 1. The highest BCUT2D eigenvalue weighted by Gasteiger charge is 2.31. The van der Waals surface area contributed by atoms with Gasteiger partial charge >= 0.3 is 0 Å². The zero-order valence-electron chi connectivity index (χ0n) is 16.3. The normalized spacial score (nSPS) is 21.1. The number of carbonyl (C=O) groups is 1. The molecule has 4 rings (SSSR count). The summed E-state index contributed by atoms with van der Waals surface area (Å²) >= 11 is 7.40. The summed E-state index contributed by atoms with van der Waals surface area (Å²) in [6.07, 6.45) is 4.99. The zero-order valence-corrected chi connectivity index (χ0v) is 17.9. The predicted molar refractivity (Wildman–Crippen MR) is 114 cm³/mol. The van der Waals surface area contributed by atoms with Crippen LogP contribution in [-0.4, -0.2) is 46.3 Å². The Hall–Kier alpha value is -1.66. The van der Waals surface area contributed by atoms with Gasteiger partial charge in [-0.15, -0.1) is 0 Å². The van der Waals surface area contributed by atoms with E-state index in [4.69, 9.17) is 16.6 Å². The third-order valence-electron chi connectivity index (χ3n) is 5.87. The maximum Gasteiger partial charge on any atom is 0.227 e.